The van der Waals surface area contributed by atoms with Gasteiger partial charge in [0.1, 0.15) is 6.54 Å². The van der Waals surface area contributed by atoms with E-state index in [1.165, 1.54) is 0 Å². The minimum atomic E-state index is -0.375. The number of hydrogen-bond donors (Lipinski definition) is 0. The number of halogens is 1. The zero-order chi connectivity index (χ0) is 16.0. The summed E-state index contributed by atoms with van der Waals surface area (Å²) in [5, 5.41) is 0. The molecule has 0 bridgehead atoms. The predicted molar refractivity (Wildman–Crippen MR) is 86.3 cm³/mol. The van der Waals surface area contributed by atoms with Crippen LogP contribution in [0.25, 0.3) is 0 Å². The first-order valence-corrected chi connectivity index (χ1v) is 7.85. The lowest BCUT2D eigenvalue weighted by molar-refractivity contribution is -0.143. The van der Waals surface area contributed by atoms with E-state index >= 15 is 0 Å². The molecule has 0 aliphatic carbocycles. The van der Waals surface area contributed by atoms with Gasteiger partial charge in [0.15, 0.2) is 0 Å². The number of nitrogens with zero attached hydrogens (tertiary/aromatic N) is 1. The van der Waals surface area contributed by atoms with Gasteiger partial charge in [-0.3, -0.25) is 9.59 Å². The van der Waals surface area contributed by atoms with E-state index in [1.54, 1.807) is 17.9 Å². The summed E-state index contributed by atoms with van der Waals surface area (Å²) in [6.45, 7) is 8.53. The van der Waals surface area contributed by atoms with Crippen LogP contribution >= 0.6 is 15.9 Å². The van der Waals surface area contributed by atoms with E-state index in [4.69, 9.17) is 4.74 Å². The second-order valence-electron chi connectivity index (χ2n) is 5.35. The Bertz CT molecular complexity index is 514. The Hall–Kier alpha value is -1.36. The number of esters is 1. The largest absolute Gasteiger partial charge is 0.465 e. The Morgan fingerprint density at radius 3 is 2.52 bits per heavy atom. The Morgan fingerprint density at radius 1 is 1.33 bits per heavy atom. The molecule has 21 heavy (non-hydrogen) atoms. The number of ether oxygens (including phenoxy) is 1. The third-order valence-corrected chi connectivity index (χ3v) is 3.79. The van der Waals surface area contributed by atoms with Crippen LogP contribution in [0.4, 0.5) is 0 Å². The molecule has 1 amide bonds. The van der Waals surface area contributed by atoms with Gasteiger partial charge in [0, 0.05) is 16.6 Å². The maximum Gasteiger partial charge on any atom is 0.325 e. The fourth-order valence-electron chi connectivity index (χ4n) is 1.98. The Balaban J connectivity index is 2.92. The molecule has 1 rings (SSSR count). The lowest BCUT2D eigenvalue weighted by atomic mass is 10.1. The Kier molecular flexibility index (Phi) is 6.89. The molecular weight excluding hydrogens is 334 g/mol. The number of carbonyl (C=O) groups is 2. The van der Waals surface area contributed by atoms with Crippen LogP contribution in [-0.2, 0) is 9.53 Å². The van der Waals surface area contributed by atoms with Gasteiger partial charge in [0.2, 0.25) is 0 Å². The van der Waals surface area contributed by atoms with Gasteiger partial charge in [0.25, 0.3) is 5.91 Å². The third-order valence-electron chi connectivity index (χ3n) is 2.90. The molecule has 4 nitrogen and oxygen atoms in total. The van der Waals surface area contributed by atoms with Crippen LogP contribution in [0.1, 0.15) is 36.7 Å². The highest BCUT2D eigenvalue weighted by atomic mass is 79.9. The molecule has 0 radical (unpaired) electrons. The molecule has 0 saturated heterocycles. The number of rotatable bonds is 6. The summed E-state index contributed by atoms with van der Waals surface area (Å²) in [6, 6.07) is 5.43. The summed E-state index contributed by atoms with van der Waals surface area (Å²) < 4.78 is 5.90. The standard InChI is InChI=1S/C16H22BrNO3/c1-5-21-15(19)10-18(9-11(2)3)16(20)13-6-7-14(17)12(4)8-13/h6-8,11H,5,9-10H2,1-4H3. The zero-order valence-corrected chi connectivity index (χ0v) is 14.6. The van der Waals surface area contributed by atoms with Crippen LogP contribution in [0.3, 0.4) is 0 Å². The predicted octanol–water partition coefficient (Wildman–Crippen LogP) is 3.42. The lowest BCUT2D eigenvalue weighted by Crippen LogP contribution is -2.39. The van der Waals surface area contributed by atoms with Crippen LogP contribution in [0.15, 0.2) is 22.7 Å². The highest BCUT2D eigenvalue weighted by molar-refractivity contribution is 9.10. The second kappa shape index (κ2) is 8.17. The van der Waals surface area contributed by atoms with Gasteiger partial charge >= 0.3 is 5.97 Å². The summed E-state index contributed by atoms with van der Waals surface area (Å²) >= 11 is 3.42. The SMILES string of the molecule is CCOC(=O)CN(CC(C)C)C(=O)c1ccc(Br)c(C)c1. The van der Waals surface area contributed by atoms with E-state index in [2.05, 4.69) is 15.9 Å². The minimum absolute atomic E-state index is 0.0139. The second-order valence-corrected chi connectivity index (χ2v) is 6.20. The molecule has 0 aromatic heterocycles. The van der Waals surface area contributed by atoms with E-state index in [9.17, 15) is 9.59 Å². The summed E-state index contributed by atoms with van der Waals surface area (Å²) in [4.78, 5) is 25.8. The van der Waals surface area contributed by atoms with E-state index in [1.807, 2.05) is 32.9 Å². The van der Waals surface area contributed by atoms with E-state index in [0.29, 0.717) is 18.7 Å². The van der Waals surface area contributed by atoms with Crippen LogP contribution in [0, 0.1) is 12.8 Å². The van der Waals surface area contributed by atoms with Crippen molar-refractivity contribution in [1.82, 2.24) is 4.90 Å². The van der Waals surface area contributed by atoms with Crippen molar-refractivity contribution in [2.24, 2.45) is 5.92 Å². The molecule has 0 saturated carbocycles. The van der Waals surface area contributed by atoms with Gasteiger partial charge in [-0.15, -0.1) is 0 Å². The average molecular weight is 356 g/mol. The molecule has 0 fully saturated rings. The molecule has 0 heterocycles. The van der Waals surface area contributed by atoms with Gasteiger partial charge in [-0.1, -0.05) is 29.8 Å². The van der Waals surface area contributed by atoms with Crippen molar-refractivity contribution < 1.29 is 14.3 Å². The fourth-order valence-corrected chi connectivity index (χ4v) is 2.23. The molecule has 1 aromatic rings. The highest BCUT2D eigenvalue weighted by Gasteiger charge is 2.20. The van der Waals surface area contributed by atoms with Gasteiger partial charge in [-0.2, -0.15) is 0 Å². The molecule has 0 spiro atoms. The summed E-state index contributed by atoms with van der Waals surface area (Å²) in [7, 11) is 0. The van der Waals surface area contributed by atoms with Gasteiger partial charge in [-0.05, 0) is 43.5 Å². The van der Waals surface area contributed by atoms with Crippen LogP contribution in [0.5, 0.6) is 0 Å². The van der Waals surface area contributed by atoms with E-state index in [0.717, 1.165) is 10.0 Å². The first-order valence-electron chi connectivity index (χ1n) is 7.06. The van der Waals surface area contributed by atoms with E-state index < -0.39 is 0 Å². The van der Waals surface area contributed by atoms with Crippen molar-refractivity contribution in [3.8, 4) is 0 Å². The third kappa shape index (κ3) is 5.50. The van der Waals surface area contributed by atoms with Gasteiger partial charge < -0.3 is 9.64 Å². The summed E-state index contributed by atoms with van der Waals surface area (Å²) in [5.74, 6) is -0.243. The molecule has 0 atom stereocenters. The normalized spacial score (nSPS) is 10.6. The van der Waals surface area contributed by atoms with Crippen LogP contribution in [-0.4, -0.2) is 36.5 Å². The Labute approximate surface area is 134 Å². The summed E-state index contributed by atoms with van der Waals surface area (Å²) in [6.07, 6.45) is 0. The number of carbonyl (C=O) groups excluding carboxylic acids is 2. The average Bonchev–Trinajstić information content (AvgIpc) is 2.40. The molecule has 0 N–H and O–H groups in total. The number of aryl methyl sites for hydroxylation is 1. The summed E-state index contributed by atoms with van der Waals surface area (Å²) in [5.41, 5.74) is 1.57. The van der Waals surface area contributed by atoms with Crippen LogP contribution in [0.2, 0.25) is 0 Å². The monoisotopic (exact) mass is 355 g/mol. The smallest absolute Gasteiger partial charge is 0.325 e. The lowest BCUT2D eigenvalue weighted by Gasteiger charge is -2.24. The molecule has 116 valence electrons. The van der Waals surface area contributed by atoms with Gasteiger partial charge in [0.05, 0.1) is 6.61 Å². The number of hydrogen-bond acceptors (Lipinski definition) is 3. The maximum atomic E-state index is 12.6. The molecular formula is C16H22BrNO3. The maximum absolute atomic E-state index is 12.6. The van der Waals surface area contributed by atoms with Crippen LogP contribution < -0.4 is 0 Å². The first kappa shape index (κ1) is 17.7. The van der Waals surface area contributed by atoms with Crippen molar-refractivity contribution in [3.63, 3.8) is 0 Å². The Morgan fingerprint density at radius 2 is 2.00 bits per heavy atom. The number of benzene rings is 1. The van der Waals surface area contributed by atoms with Crippen molar-refractivity contribution in [1.29, 1.82) is 0 Å². The molecule has 1 aromatic carbocycles. The molecule has 0 aliphatic heterocycles. The first-order chi connectivity index (χ1) is 9.85. The number of amides is 1. The van der Waals surface area contributed by atoms with Crippen molar-refractivity contribution in [2.75, 3.05) is 19.7 Å². The quantitative estimate of drug-likeness (QED) is 0.734. The topological polar surface area (TPSA) is 46.6 Å². The van der Waals surface area contributed by atoms with Crippen molar-refractivity contribution in [2.45, 2.75) is 27.7 Å². The van der Waals surface area contributed by atoms with Crippen molar-refractivity contribution >= 4 is 27.8 Å². The fraction of sp³-hybridized carbons (Fsp3) is 0.500. The van der Waals surface area contributed by atoms with E-state index in [-0.39, 0.29) is 24.3 Å². The molecule has 0 unspecified atom stereocenters. The molecule has 5 heteroatoms. The highest BCUT2D eigenvalue weighted by Crippen LogP contribution is 2.18. The van der Waals surface area contributed by atoms with Crippen molar-refractivity contribution in [3.05, 3.63) is 33.8 Å². The zero-order valence-electron chi connectivity index (χ0n) is 13.0. The van der Waals surface area contributed by atoms with Gasteiger partial charge in [-0.25, -0.2) is 0 Å². The molecule has 0 aliphatic rings. The minimum Gasteiger partial charge on any atom is -0.465 e.